The molecule has 3 rings (SSSR count). The van der Waals surface area contributed by atoms with Crippen LogP contribution < -0.4 is 0 Å². The first kappa shape index (κ1) is 18.9. The standard InChI is InChI=1S/C17H18F4N2O2S/c1-26(24,25)15-8-7-12(9-13(15)18)23-14(11-5-3-2-4-6-11)10-16(22-23)17(19,20)21/h7-11H,2-6H2,1H3. The first-order valence-corrected chi connectivity index (χ1v) is 10.1. The van der Waals surface area contributed by atoms with Crippen molar-refractivity contribution in [3.05, 3.63) is 41.5 Å². The third-order valence-corrected chi connectivity index (χ3v) is 5.74. The predicted molar refractivity (Wildman–Crippen MR) is 87.5 cm³/mol. The summed E-state index contributed by atoms with van der Waals surface area (Å²) in [6.07, 6.45) is 0.611. The summed E-state index contributed by atoms with van der Waals surface area (Å²) in [6, 6.07) is 4.26. The van der Waals surface area contributed by atoms with E-state index in [4.69, 9.17) is 0 Å². The van der Waals surface area contributed by atoms with Gasteiger partial charge in [0.1, 0.15) is 10.7 Å². The number of benzene rings is 1. The zero-order valence-corrected chi connectivity index (χ0v) is 14.9. The fraction of sp³-hybridized carbons (Fsp3) is 0.471. The largest absolute Gasteiger partial charge is 0.435 e. The summed E-state index contributed by atoms with van der Waals surface area (Å²) >= 11 is 0. The molecule has 142 valence electrons. The lowest BCUT2D eigenvalue weighted by molar-refractivity contribution is -0.141. The molecule has 1 heterocycles. The molecule has 0 unspecified atom stereocenters. The van der Waals surface area contributed by atoms with Crippen LogP contribution in [0, 0.1) is 5.82 Å². The number of hydrogen-bond acceptors (Lipinski definition) is 3. The second-order valence-electron chi connectivity index (χ2n) is 6.59. The van der Waals surface area contributed by atoms with Crippen LogP contribution in [0.2, 0.25) is 0 Å². The van der Waals surface area contributed by atoms with Gasteiger partial charge in [0.25, 0.3) is 0 Å². The van der Waals surface area contributed by atoms with Crippen molar-refractivity contribution in [2.45, 2.75) is 49.1 Å². The Morgan fingerprint density at radius 2 is 1.77 bits per heavy atom. The molecule has 0 saturated heterocycles. The molecule has 2 aromatic rings. The lowest BCUT2D eigenvalue weighted by atomic mass is 9.86. The van der Waals surface area contributed by atoms with Gasteiger partial charge >= 0.3 is 6.18 Å². The van der Waals surface area contributed by atoms with E-state index in [-0.39, 0.29) is 11.6 Å². The lowest BCUT2D eigenvalue weighted by Gasteiger charge is -2.22. The summed E-state index contributed by atoms with van der Waals surface area (Å²) in [5, 5.41) is 3.64. The number of nitrogens with zero attached hydrogens (tertiary/aromatic N) is 2. The van der Waals surface area contributed by atoms with Gasteiger partial charge in [-0.25, -0.2) is 17.5 Å². The molecule has 9 heteroatoms. The maximum absolute atomic E-state index is 14.2. The predicted octanol–water partition coefficient (Wildman–Crippen LogP) is 4.48. The Kier molecular flexibility index (Phi) is 4.85. The minimum Gasteiger partial charge on any atom is -0.237 e. The van der Waals surface area contributed by atoms with Gasteiger partial charge in [0.15, 0.2) is 15.5 Å². The van der Waals surface area contributed by atoms with E-state index in [1.54, 1.807) is 0 Å². The highest BCUT2D eigenvalue weighted by molar-refractivity contribution is 7.90. The lowest BCUT2D eigenvalue weighted by Crippen LogP contribution is -2.12. The molecule has 1 fully saturated rings. The van der Waals surface area contributed by atoms with E-state index in [2.05, 4.69) is 5.10 Å². The van der Waals surface area contributed by atoms with Crippen molar-refractivity contribution >= 4 is 9.84 Å². The molecule has 1 aliphatic carbocycles. The summed E-state index contributed by atoms with van der Waals surface area (Å²) in [5.74, 6) is -1.10. The zero-order chi connectivity index (χ0) is 19.1. The Morgan fingerprint density at radius 1 is 1.12 bits per heavy atom. The van der Waals surface area contributed by atoms with Crippen LogP contribution in [0.25, 0.3) is 5.69 Å². The number of rotatable bonds is 3. The topological polar surface area (TPSA) is 52.0 Å². The van der Waals surface area contributed by atoms with Gasteiger partial charge in [-0.1, -0.05) is 19.3 Å². The van der Waals surface area contributed by atoms with E-state index in [1.165, 1.54) is 6.07 Å². The Hall–Kier alpha value is -1.90. The van der Waals surface area contributed by atoms with Crippen LogP contribution in [0.4, 0.5) is 17.6 Å². The molecule has 26 heavy (non-hydrogen) atoms. The number of hydrogen-bond donors (Lipinski definition) is 0. The van der Waals surface area contributed by atoms with Crippen molar-refractivity contribution in [2.75, 3.05) is 6.26 Å². The fourth-order valence-corrected chi connectivity index (χ4v) is 4.08. The van der Waals surface area contributed by atoms with Crippen molar-refractivity contribution in [1.82, 2.24) is 9.78 Å². The smallest absolute Gasteiger partial charge is 0.237 e. The average molecular weight is 390 g/mol. The second kappa shape index (κ2) is 6.68. The van der Waals surface area contributed by atoms with E-state index >= 15 is 0 Å². The van der Waals surface area contributed by atoms with Crippen molar-refractivity contribution in [1.29, 1.82) is 0 Å². The van der Waals surface area contributed by atoms with E-state index in [0.29, 0.717) is 5.69 Å². The molecule has 1 aromatic heterocycles. The van der Waals surface area contributed by atoms with Crippen LogP contribution in [-0.2, 0) is 16.0 Å². The van der Waals surface area contributed by atoms with E-state index < -0.39 is 32.4 Å². The SMILES string of the molecule is CS(=O)(=O)c1ccc(-n2nc(C(F)(F)F)cc2C2CCCCC2)cc1F. The number of sulfone groups is 1. The van der Waals surface area contributed by atoms with Gasteiger partial charge in [0.05, 0.1) is 5.69 Å². The van der Waals surface area contributed by atoms with Gasteiger partial charge in [-0.15, -0.1) is 0 Å². The number of aromatic nitrogens is 2. The number of halogens is 4. The van der Waals surface area contributed by atoms with Crippen LogP contribution in [-0.4, -0.2) is 24.5 Å². The summed E-state index contributed by atoms with van der Waals surface area (Å²) in [4.78, 5) is -0.497. The van der Waals surface area contributed by atoms with Crippen molar-refractivity contribution < 1.29 is 26.0 Å². The molecule has 0 aliphatic heterocycles. The van der Waals surface area contributed by atoms with Gasteiger partial charge in [0.2, 0.25) is 0 Å². The molecule has 0 atom stereocenters. The molecular weight excluding hydrogens is 372 g/mol. The summed E-state index contributed by atoms with van der Waals surface area (Å²) in [7, 11) is -3.77. The Bertz CT molecular complexity index is 913. The van der Waals surface area contributed by atoms with Crippen molar-refractivity contribution in [2.24, 2.45) is 0 Å². The van der Waals surface area contributed by atoms with Crippen LogP contribution in [0.3, 0.4) is 0 Å². The van der Waals surface area contributed by atoms with Crippen LogP contribution in [0.1, 0.15) is 49.4 Å². The van der Waals surface area contributed by atoms with Crippen LogP contribution in [0.15, 0.2) is 29.2 Å². The van der Waals surface area contributed by atoms with Gasteiger partial charge in [-0.05, 0) is 31.0 Å². The fourth-order valence-electron chi connectivity index (χ4n) is 3.35. The van der Waals surface area contributed by atoms with Gasteiger partial charge in [-0.2, -0.15) is 18.3 Å². The maximum Gasteiger partial charge on any atom is 0.435 e. The van der Waals surface area contributed by atoms with Gasteiger partial charge in [0, 0.05) is 23.9 Å². The van der Waals surface area contributed by atoms with Crippen molar-refractivity contribution in [3.8, 4) is 5.69 Å². The quantitative estimate of drug-likeness (QED) is 0.726. The number of alkyl halides is 3. The maximum atomic E-state index is 14.2. The molecule has 0 N–H and O–H groups in total. The minimum atomic E-state index is -4.61. The molecule has 0 radical (unpaired) electrons. The third kappa shape index (κ3) is 3.77. The summed E-state index contributed by atoms with van der Waals surface area (Å²) < 4.78 is 77.8. The molecule has 0 spiro atoms. The van der Waals surface area contributed by atoms with Crippen molar-refractivity contribution in [3.63, 3.8) is 0 Å². The Balaban J connectivity index is 2.11. The van der Waals surface area contributed by atoms with Gasteiger partial charge < -0.3 is 0 Å². The van der Waals surface area contributed by atoms with E-state index in [9.17, 15) is 26.0 Å². The van der Waals surface area contributed by atoms with Crippen LogP contribution in [0.5, 0.6) is 0 Å². The molecular formula is C17H18F4N2O2S. The third-order valence-electron chi connectivity index (χ3n) is 4.61. The highest BCUT2D eigenvalue weighted by Crippen LogP contribution is 2.37. The minimum absolute atomic E-state index is 0.0750. The molecule has 4 nitrogen and oxygen atoms in total. The highest BCUT2D eigenvalue weighted by atomic mass is 32.2. The van der Waals surface area contributed by atoms with Crippen LogP contribution >= 0.6 is 0 Å². The second-order valence-corrected chi connectivity index (χ2v) is 8.57. The first-order chi connectivity index (χ1) is 12.1. The average Bonchev–Trinajstić information content (AvgIpc) is 3.00. The monoisotopic (exact) mass is 390 g/mol. The van der Waals surface area contributed by atoms with Gasteiger partial charge in [-0.3, -0.25) is 0 Å². The summed E-state index contributed by atoms with van der Waals surface area (Å²) in [6.45, 7) is 0. The molecule has 0 bridgehead atoms. The molecule has 0 amide bonds. The molecule has 1 aliphatic rings. The highest BCUT2D eigenvalue weighted by Gasteiger charge is 2.36. The van der Waals surface area contributed by atoms with E-state index in [1.807, 2.05) is 0 Å². The Morgan fingerprint density at radius 3 is 2.31 bits per heavy atom. The normalized spacial score (nSPS) is 16.8. The first-order valence-electron chi connectivity index (χ1n) is 8.24. The zero-order valence-electron chi connectivity index (χ0n) is 14.1. The molecule has 1 aromatic carbocycles. The summed E-state index contributed by atoms with van der Waals surface area (Å²) in [5.41, 5.74) is -0.583. The van der Waals surface area contributed by atoms with E-state index in [0.717, 1.165) is 61.2 Å². The molecule has 1 saturated carbocycles. The Labute approximate surface area is 148 Å².